The second-order valence-corrected chi connectivity index (χ2v) is 4.14. The summed E-state index contributed by atoms with van der Waals surface area (Å²) >= 11 is 0. The molecule has 0 N–H and O–H groups in total. The number of Topliss-reactive ketones (excluding diaryl/α,β-unsaturated/α-hetero) is 1. The van der Waals surface area contributed by atoms with Crippen LogP contribution in [0.5, 0.6) is 0 Å². The van der Waals surface area contributed by atoms with Gasteiger partial charge in [-0.2, -0.15) is 5.26 Å². The fraction of sp³-hybridized carbons (Fsp3) is 0.0667. The minimum atomic E-state index is -1.34. The van der Waals surface area contributed by atoms with Gasteiger partial charge < -0.3 is 0 Å². The first-order valence-corrected chi connectivity index (χ1v) is 5.66. The third kappa shape index (κ3) is 2.86. The SMILES string of the molecule is N#CC(C(=O)c1ccc(F)cc1)c1cc(F)cc(F)c1. The molecule has 0 saturated heterocycles. The van der Waals surface area contributed by atoms with Gasteiger partial charge in [-0.05, 0) is 42.0 Å². The van der Waals surface area contributed by atoms with Crippen LogP contribution in [0.2, 0.25) is 0 Å². The monoisotopic (exact) mass is 275 g/mol. The predicted molar refractivity (Wildman–Crippen MR) is 65.4 cm³/mol. The van der Waals surface area contributed by atoms with Crippen LogP contribution in [0, 0.1) is 28.8 Å². The number of carbonyl (C=O) groups excluding carboxylic acids is 1. The summed E-state index contributed by atoms with van der Waals surface area (Å²) in [5.74, 6) is -4.24. The Morgan fingerprint density at radius 2 is 1.50 bits per heavy atom. The number of nitrogens with zero attached hydrogens (tertiary/aromatic N) is 1. The molecule has 2 aromatic rings. The van der Waals surface area contributed by atoms with Gasteiger partial charge in [0.25, 0.3) is 0 Å². The van der Waals surface area contributed by atoms with Gasteiger partial charge in [-0.3, -0.25) is 4.79 Å². The van der Waals surface area contributed by atoms with Gasteiger partial charge in [0.15, 0.2) is 5.78 Å². The molecule has 0 radical (unpaired) electrons. The van der Waals surface area contributed by atoms with Crippen molar-refractivity contribution in [2.75, 3.05) is 0 Å². The largest absolute Gasteiger partial charge is 0.292 e. The maximum Gasteiger partial charge on any atom is 0.184 e. The highest BCUT2D eigenvalue weighted by atomic mass is 19.1. The molecule has 2 aromatic carbocycles. The zero-order chi connectivity index (χ0) is 14.7. The number of nitriles is 1. The number of halogens is 3. The summed E-state index contributed by atoms with van der Waals surface area (Å²) in [4.78, 5) is 12.1. The summed E-state index contributed by atoms with van der Waals surface area (Å²) in [7, 11) is 0. The van der Waals surface area contributed by atoms with E-state index in [2.05, 4.69) is 0 Å². The van der Waals surface area contributed by atoms with Crippen LogP contribution in [0.1, 0.15) is 21.8 Å². The third-order valence-corrected chi connectivity index (χ3v) is 2.74. The van der Waals surface area contributed by atoms with Gasteiger partial charge in [0, 0.05) is 11.6 Å². The average molecular weight is 275 g/mol. The Kier molecular flexibility index (Phi) is 3.85. The Bertz CT molecular complexity index is 669. The van der Waals surface area contributed by atoms with Gasteiger partial charge in [0.05, 0.1) is 6.07 Å². The molecule has 0 aliphatic heterocycles. The number of carbonyl (C=O) groups is 1. The lowest BCUT2D eigenvalue weighted by molar-refractivity contribution is 0.0978. The Morgan fingerprint density at radius 3 is 2.00 bits per heavy atom. The van der Waals surface area contributed by atoms with E-state index in [0.717, 1.165) is 24.3 Å². The normalized spacial score (nSPS) is 11.7. The molecule has 1 atom stereocenters. The summed E-state index contributed by atoms with van der Waals surface area (Å²) in [6.45, 7) is 0. The van der Waals surface area contributed by atoms with Crippen LogP contribution in [0.4, 0.5) is 13.2 Å². The second-order valence-electron chi connectivity index (χ2n) is 4.14. The van der Waals surface area contributed by atoms with Crippen LogP contribution in [0.3, 0.4) is 0 Å². The smallest absolute Gasteiger partial charge is 0.184 e. The van der Waals surface area contributed by atoms with E-state index in [1.165, 1.54) is 12.1 Å². The first kappa shape index (κ1) is 13.8. The quantitative estimate of drug-likeness (QED) is 0.803. The zero-order valence-corrected chi connectivity index (χ0v) is 10.1. The van der Waals surface area contributed by atoms with Crippen LogP contribution in [0.15, 0.2) is 42.5 Å². The van der Waals surface area contributed by atoms with Crippen molar-refractivity contribution in [3.63, 3.8) is 0 Å². The lowest BCUT2D eigenvalue weighted by atomic mass is 9.92. The Balaban J connectivity index is 2.39. The van der Waals surface area contributed by atoms with E-state index in [-0.39, 0.29) is 11.1 Å². The first-order valence-electron chi connectivity index (χ1n) is 5.66. The van der Waals surface area contributed by atoms with E-state index >= 15 is 0 Å². The van der Waals surface area contributed by atoms with Gasteiger partial charge >= 0.3 is 0 Å². The summed E-state index contributed by atoms with van der Waals surface area (Å²) < 4.78 is 39.1. The molecule has 1 unspecified atom stereocenters. The Morgan fingerprint density at radius 1 is 0.950 bits per heavy atom. The lowest BCUT2D eigenvalue weighted by Crippen LogP contribution is -2.12. The van der Waals surface area contributed by atoms with Crippen molar-refractivity contribution in [1.29, 1.82) is 5.26 Å². The topological polar surface area (TPSA) is 40.9 Å². The molecule has 0 saturated carbocycles. The molecule has 0 heterocycles. The number of benzene rings is 2. The maximum absolute atomic E-state index is 13.1. The number of rotatable bonds is 3. The van der Waals surface area contributed by atoms with Crippen molar-refractivity contribution >= 4 is 5.78 Å². The van der Waals surface area contributed by atoms with Crippen molar-refractivity contribution in [1.82, 2.24) is 0 Å². The number of hydrogen-bond acceptors (Lipinski definition) is 2. The third-order valence-electron chi connectivity index (χ3n) is 2.74. The molecule has 20 heavy (non-hydrogen) atoms. The van der Waals surface area contributed by atoms with Crippen LogP contribution in [-0.2, 0) is 0 Å². The van der Waals surface area contributed by atoms with Gasteiger partial charge in [-0.25, -0.2) is 13.2 Å². The molecule has 0 aliphatic carbocycles. The van der Waals surface area contributed by atoms with E-state index in [4.69, 9.17) is 5.26 Å². The van der Waals surface area contributed by atoms with Crippen LogP contribution < -0.4 is 0 Å². The summed E-state index contributed by atoms with van der Waals surface area (Å²) in [6.07, 6.45) is 0. The zero-order valence-electron chi connectivity index (χ0n) is 10.1. The van der Waals surface area contributed by atoms with E-state index in [9.17, 15) is 18.0 Å². The number of hydrogen-bond donors (Lipinski definition) is 0. The average Bonchev–Trinajstić information content (AvgIpc) is 2.39. The van der Waals surface area contributed by atoms with Gasteiger partial charge in [-0.1, -0.05) is 0 Å². The van der Waals surface area contributed by atoms with Crippen LogP contribution in [-0.4, -0.2) is 5.78 Å². The van der Waals surface area contributed by atoms with E-state index in [0.29, 0.717) is 6.07 Å². The molecule has 100 valence electrons. The summed E-state index contributed by atoms with van der Waals surface area (Å²) in [5.41, 5.74) is 0.0296. The highest BCUT2D eigenvalue weighted by Crippen LogP contribution is 2.22. The summed E-state index contributed by atoms with van der Waals surface area (Å²) in [6, 6.07) is 8.81. The van der Waals surface area contributed by atoms with Crippen LogP contribution >= 0.6 is 0 Å². The fourth-order valence-electron chi connectivity index (χ4n) is 1.81. The van der Waals surface area contributed by atoms with Crippen molar-refractivity contribution in [2.24, 2.45) is 0 Å². The molecule has 0 bridgehead atoms. The molecule has 0 spiro atoms. The van der Waals surface area contributed by atoms with Gasteiger partial charge in [-0.15, -0.1) is 0 Å². The minimum Gasteiger partial charge on any atom is -0.292 e. The van der Waals surface area contributed by atoms with Crippen molar-refractivity contribution in [3.8, 4) is 6.07 Å². The number of ketones is 1. The second kappa shape index (κ2) is 5.57. The van der Waals surface area contributed by atoms with Gasteiger partial charge in [0.1, 0.15) is 23.4 Å². The lowest BCUT2D eigenvalue weighted by Gasteiger charge is -2.09. The van der Waals surface area contributed by atoms with Crippen molar-refractivity contribution < 1.29 is 18.0 Å². The standard InChI is InChI=1S/C15H8F3NO/c16-11-3-1-9(2-4-11)15(20)14(8-19)10-5-12(17)7-13(18)6-10/h1-7,14H. The molecule has 0 amide bonds. The van der Waals surface area contributed by atoms with E-state index in [1.807, 2.05) is 0 Å². The summed E-state index contributed by atoms with van der Waals surface area (Å²) in [5, 5.41) is 9.06. The van der Waals surface area contributed by atoms with E-state index < -0.39 is 29.2 Å². The van der Waals surface area contributed by atoms with Crippen molar-refractivity contribution in [2.45, 2.75) is 5.92 Å². The molecular formula is C15H8F3NO. The maximum atomic E-state index is 13.1. The molecule has 0 fully saturated rings. The molecule has 2 rings (SSSR count). The minimum absolute atomic E-state index is 0.0701. The first-order chi connectivity index (χ1) is 9.51. The Labute approximate surface area is 113 Å². The van der Waals surface area contributed by atoms with E-state index in [1.54, 1.807) is 6.07 Å². The van der Waals surface area contributed by atoms with Crippen molar-refractivity contribution in [3.05, 3.63) is 71.0 Å². The van der Waals surface area contributed by atoms with Gasteiger partial charge in [0.2, 0.25) is 0 Å². The molecular weight excluding hydrogens is 267 g/mol. The fourth-order valence-corrected chi connectivity index (χ4v) is 1.81. The Hall–Kier alpha value is -2.61. The predicted octanol–water partition coefficient (Wildman–Crippen LogP) is 3.59. The molecule has 5 heteroatoms. The molecule has 0 aliphatic rings. The molecule has 0 aromatic heterocycles. The van der Waals surface area contributed by atoms with Crippen LogP contribution in [0.25, 0.3) is 0 Å². The highest BCUT2D eigenvalue weighted by molar-refractivity contribution is 6.02. The molecule has 2 nitrogen and oxygen atoms in total. The highest BCUT2D eigenvalue weighted by Gasteiger charge is 2.23.